The highest BCUT2D eigenvalue weighted by molar-refractivity contribution is 6.74. The maximum atomic E-state index is 6.31. The molecule has 0 unspecified atom stereocenters. The van der Waals surface area contributed by atoms with Gasteiger partial charge < -0.3 is 8.99 Å². The molecule has 0 radical (unpaired) electrons. The Balaban J connectivity index is 1.67. The molecule has 29 heavy (non-hydrogen) atoms. The van der Waals surface area contributed by atoms with Crippen molar-refractivity contribution in [3.05, 3.63) is 42.2 Å². The second-order valence-electron chi connectivity index (χ2n) is 8.64. The van der Waals surface area contributed by atoms with Crippen LogP contribution in [0, 0.1) is 0 Å². The van der Waals surface area contributed by atoms with Crippen molar-refractivity contribution < 1.29 is 4.43 Å². The Bertz CT molecular complexity index is 1180. The summed E-state index contributed by atoms with van der Waals surface area (Å²) in [4.78, 5) is 17.9. The zero-order valence-corrected chi connectivity index (χ0v) is 19.1. The smallest absolute Gasteiger partial charge is 0.226 e. The van der Waals surface area contributed by atoms with E-state index in [1.54, 1.807) is 12.7 Å². The molecule has 0 aliphatic heterocycles. The second kappa shape index (κ2) is 7.19. The van der Waals surface area contributed by atoms with Crippen molar-refractivity contribution in [3.8, 4) is 5.82 Å². The molecule has 3 aromatic heterocycles. The quantitative estimate of drug-likeness (QED) is 0.336. The Hall–Kier alpha value is -2.29. The lowest BCUT2D eigenvalue weighted by atomic mass is 10.2. The van der Waals surface area contributed by atoms with E-state index in [0.29, 0.717) is 30.1 Å². The van der Waals surface area contributed by atoms with Gasteiger partial charge in [0.25, 0.3) is 0 Å². The van der Waals surface area contributed by atoms with Gasteiger partial charge in [-0.05, 0) is 41.9 Å². The van der Waals surface area contributed by atoms with Gasteiger partial charge in [0, 0.05) is 6.54 Å². The van der Waals surface area contributed by atoms with Crippen molar-refractivity contribution in [2.45, 2.75) is 45.4 Å². The Morgan fingerprint density at radius 2 is 1.83 bits per heavy atom. The molecule has 0 amide bonds. The fraction of sp³-hybridized carbons (Fsp3) is 0.400. The van der Waals surface area contributed by atoms with Gasteiger partial charge in [0.15, 0.2) is 25.3 Å². The lowest BCUT2D eigenvalue weighted by Gasteiger charge is -2.36. The number of halogens is 1. The van der Waals surface area contributed by atoms with Gasteiger partial charge in [-0.2, -0.15) is 9.97 Å². The lowest BCUT2D eigenvalue weighted by Crippen LogP contribution is -2.41. The van der Waals surface area contributed by atoms with Crippen molar-refractivity contribution in [1.29, 1.82) is 0 Å². The minimum atomic E-state index is -1.81. The predicted molar refractivity (Wildman–Crippen MR) is 118 cm³/mol. The van der Waals surface area contributed by atoms with Crippen LogP contribution in [0.5, 0.6) is 0 Å². The molecule has 9 heteroatoms. The molecule has 7 nitrogen and oxygen atoms in total. The molecule has 4 aromatic rings. The predicted octanol–water partition coefficient (Wildman–Crippen LogP) is 4.84. The Morgan fingerprint density at radius 3 is 2.59 bits per heavy atom. The third kappa shape index (κ3) is 3.67. The fourth-order valence-corrected chi connectivity index (χ4v) is 4.17. The number of rotatable bonds is 5. The Morgan fingerprint density at radius 1 is 1.07 bits per heavy atom. The van der Waals surface area contributed by atoms with E-state index < -0.39 is 8.32 Å². The number of benzene rings is 1. The first kappa shape index (κ1) is 20.0. The van der Waals surface area contributed by atoms with Crippen LogP contribution < -0.4 is 0 Å². The number of nitrogens with zero attached hydrogens (tertiary/aromatic N) is 6. The summed E-state index contributed by atoms with van der Waals surface area (Å²) in [5.74, 6) is 0.623. The average Bonchev–Trinajstić information content (AvgIpc) is 3.24. The van der Waals surface area contributed by atoms with Gasteiger partial charge in [-0.25, -0.2) is 9.97 Å². The van der Waals surface area contributed by atoms with E-state index in [0.717, 1.165) is 11.0 Å². The van der Waals surface area contributed by atoms with Crippen LogP contribution in [0.25, 0.3) is 28.0 Å². The standard InChI is InChI=1S/C20H25ClN6OSi/c1-20(2,3)29(4,5)28-11-10-26-12-23-16-17(26)24-19(21)25-18(16)27-13-22-14-8-6-7-9-15(14)27/h6-9,12-13H,10-11H2,1-5H3. The molecule has 0 bridgehead atoms. The molecule has 3 heterocycles. The highest BCUT2D eigenvalue weighted by Crippen LogP contribution is 2.36. The van der Waals surface area contributed by atoms with Gasteiger partial charge in [0.1, 0.15) is 6.33 Å². The molecule has 0 aliphatic carbocycles. The van der Waals surface area contributed by atoms with Gasteiger partial charge in [0.05, 0.1) is 24.0 Å². The van der Waals surface area contributed by atoms with Gasteiger partial charge >= 0.3 is 0 Å². The highest BCUT2D eigenvalue weighted by atomic mass is 35.5. The Kier molecular flexibility index (Phi) is 4.96. The van der Waals surface area contributed by atoms with Crippen molar-refractivity contribution in [1.82, 2.24) is 29.1 Å². The third-order valence-corrected chi connectivity index (χ3v) is 10.4. The van der Waals surface area contributed by atoms with Gasteiger partial charge in [0.2, 0.25) is 5.28 Å². The number of hydrogen-bond acceptors (Lipinski definition) is 5. The summed E-state index contributed by atoms with van der Waals surface area (Å²) in [5.41, 5.74) is 3.21. The monoisotopic (exact) mass is 428 g/mol. The summed E-state index contributed by atoms with van der Waals surface area (Å²) in [6, 6.07) is 7.88. The molecule has 0 fully saturated rings. The molecule has 0 aliphatic rings. The van der Waals surface area contributed by atoms with E-state index in [1.807, 2.05) is 33.4 Å². The molecule has 1 aromatic carbocycles. The van der Waals surface area contributed by atoms with Crippen LogP contribution in [0.4, 0.5) is 0 Å². The van der Waals surface area contributed by atoms with E-state index in [2.05, 4.69) is 53.8 Å². The number of aromatic nitrogens is 6. The van der Waals surface area contributed by atoms with Crippen LogP contribution in [0.2, 0.25) is 23.4 Å². The number of hydrogen-bond donors (Lipinski definition) is 0. The first-order valence-electron chi connectivity index (χ1n) is 9.62. The zero-order valence-electron chi connectivity index (χ0n) is 17.3. The second-order valence-corrected chi connectivity index (χ2v) is 13.8. The summed E-state index contributed by atoms with van der Waals surface area (Å²) in [7, 11) is -1.81. The summed E-state index contributed by atoms with van der Waals surface area (Å²) in [6.07, 6.45) is 3.51. The van der Waals surface area contributed by atoms with Gasteiger partial charge in [-0.3, -0.25) is 4.57 Å². The van der Waals surface area contributed by atoms with Crippen LogP contribution in [0.1, 0.15) is 20.8 Å². The molecule has 4 rings (SSSR count). The molecule has 0 N–H and O–H groups in total. The van der Waals surface area contributed by atoms with Crippen molar-refractivity contribution >= 4 is 42.1 Å². The van der Waals surface area contributed by atoms with Crippen LogP contribution in [0.3, 0.4) is 0 Å². The first-order chi connectivity index (χ1) is 13.7. The molecule has 0 saturated heterocycles. The first-order valence-corrected chi connectivity index (χ1v) is 12.9. The van der Waals surface area contributed by atoms with E-state index in [4.69, 9.17) is 16.0 Å². The average molecular weight is 429 g/mol. The topological polar surface area (TPSA) is 70.7 Å². The van der Waals surface area contributed by atoms with Crippen LogP contribution in [-0.4, -0.2) is 44.0 Å². The van der Waals surface area contributed by atoms with Crippen molar-refractivity contribution in [3.63, 3.8) is 0 Å². The Labute approximate surface area is 175 Å². The third-order valence-electron chi connectivity index (χ3n) is 5.70. The minimum Gasteiger partial charge on any atom is -0.415 e. The van der Waals surface area contributed by atoms with Crippen LogP contribution >= 0.6 is 11.6 Å². The summed E-state index contributed by atoms with van der Waals surface area (Å²) < 4.78 is 10.2. The summed E-state index contributed by atoms with van der Waals surface area (Å²) in [6.45, 7) is 12.5. The maximum absolute atomic E-state index is 6.31. The van der Waals surface area contributed by atoms with E-state index in [1.165, 1.54) is 0 Å². The fourth-order valence-electron chi connectivity index (χ4n) is 2.98. The van der Waals surface area contributed by atoms with E-state index in [9.17, 15) is 0 Å². The van der Waals surface area contributed by atoms with Crippen LogP contribution in [0.15, 0.2) is 36.9 Å². The zero-order chi connectivity index (χ0) is 20.8. The van der Waals surface area contributed by atoms with Crippen molar-refractivity contribution in [2.75, 3.05) is 6.61 Å². The lowest BCUT2D eigenvalue weighted by molar-refractivity contribution is 0.273. The number of fused-ring (bicyclic) bond motifs is 2. The normalized spacial score (nSPS) is 12.9. The maximum Gasteiger partial charge on any atom is 0.226 e. The number of imidazole rings is 2. The molecular weight excluding hydrogens is 404 g/mol. The summed E-state index contributed by atoms with van der Waals surface area (Å²) in [5, 5.41) is 0.350. The van der Waals surface area contributed by atoms with E-state index >= 15 is 0 Å². The molecule has 0 saturated carbocycles. The largest absolute Gasteiger partial charge is 0.415 e. The molecule has 152 valence electrons. The van der Waals surface area contributed by atoms with E-state index in [-0.39, 0.29) is 10.3 Å². The van der Waals surface area contributed by atoms with Gasteiger partial charge in [-0.1, -0.05) is 32.9 Å². The molecule has 0 spiro atoms. The SMILES string of the molecule is CC(C)(C)[Si](C)(C)OCCn1cnc2c(-n3cnc4ccccc43)nc(Cl)nc21. The summed E-state index contributed by atoms with van der Waals surface area (Å²) >= 11 is 6.27. The number of para-hydroxylation sites is 2. The van der Waals surface area contributed by atoms with Gasteiger partial charge in [-0.15, -0.1) is 0 Å². The molecule has 0 atom stereocenters. The highest BCUT2D eigenvalue weighted by Gasteiger charge is 2.36. The molecular formula is C20H25ClN6OSi. The van der Waals surface area contributed by atoms with Crippen molar-refractivity contribution in [2.24, 2.45) is 0 Å². The minimum absolute atomic E-state index is 0.172. The van der Waals surface area contributed by atoms with Crippen LogP contribution in [-0.2, 0) is 11.0 Å².